The fourth-order valence-electron chi connectivity index (χ4n) is 2.85. The quantitative estimate of drug-likeness (QED) is 0.588. The minimum atomic E-state index is 0. The van der Waals surface area contributed by atoms with Gasteiger partial charge in [0.1, 0.15) is 0 Å². The summed E-state index contributed by atoms with van der Waals surface area (Å²) in [5, 5.41) is 0. The van der Waals surface area contributed by atoms with E-state index in [1.165, 1.54) is 47.1 Å². The van der Waals surface area contributed by atoms with Crippen LogP contribution in [0.4, 0.5) is 0 Å². The number of rotatable bonds is 2. The van der Waals surface area contributed by atoms with Crippen molar-refractivity contribution in [2.24, 2.45) is 5.92 Å². The van der Waals surface area contributed by atoms with E-state index in [9.17, 15) is 0 Å². The summed E-state index contributed by atoms with van der Waals surface area (Å²) in [5.74, 6) is 0.852. The summed E-state index contributed by atoms with van der Waals surface area (Å²) in [6.45, 7) is 4.47. The van der Waals surface area contributed by atoms with Crippen LogP contribution in [-0.4, -0.2) is 0 Å². The van der Waals surface area contributed by atoms with Gasteiger partial charge in [-0.15, -0.1) is 0 Å². The molecule has 0 spiro atoms. The van der Waals surface area contributed by atoms with Gasteiger partial charge in [-0.05, 0) is 54.4 Å². The molecule has 0 heterocycles. The first-order valence-corrected chi connectivity index (χ1v) is 7.59. The zero-order valence-electron chi connectivity index (χ0n) is 12.4. The molecule has 21 heavy (non-hydrogen) atoms. The largest absolute Gasteiger partial charge is 0.0805 e. The van der Waals surface area contributed by atoms with Crippen molar-refractivity contribution in [3.8, 4) is 11.1 Å². The topological polar surface area (TPSA) is 0 Å². The molecule has 0 aromatic heterocycles. The molecule has 0 saturated carbocycles. The van der Waals surface area contributed by atoms with Crippen LogP contribution in [0, 0.1) is 12.8 Å². The fourth-order valence-corrected chi connectivity index (χ4v) is 2.85. The Labute approximate surface area is 129 Å². The van der Waals surface area contributed by atoms with Crippen LogP contribution in [0.2, 0.25) is 0 Å². The molecule has 2 aromatic carbocycles. The van der Waals surface area contributed by atoms with Crippen LogP contribution < -0.4 is 0 Å². The standard InChI is InChI=1S/C20H22.CH4/c1-15-3-7-17(8-4-15)19-11-13-20(14-12-19)18-9-5-16(2)6-10-18;/h3-4,7-9,11-14,16H,5-6,10H2,1-2H3;1H4. The molecule has 2 aromatic rings. The predicted molar refractivity (Wildman–Crippen MR) is 94.3 cm³/mol. The van der Waals surface area contributed by atoms with E-state index in [4.69, 9.17) is 0 Å². The summed E-state index contributed by atoms with van der Waals surface area (Å²) in [6.07, 6.45) is 6.21. The second-order valence-corrected chi connectivity index (χ2v) is 6.05. The second-order valence-electron chi connectivity index (χ2n) is 6.05. The van der Waals surface area contributed by atoms with Gasteiger partial charge in [0.2, 0.25) is 0 Å². The number of hydrogen-bond donors (Lipinski definition) is 0. The summed E-state index contributed by atoms with van der Waals surface area (Å²) in [5.41, 5.74) is 6.84. The molecule has 0 N–H and O–H groups in total. The maximum absolute atomic E-state index is 2.43. The van der Waals surface area contributed by atoms with E-state index in [2.05, 4.69) is 68.5 Å². The molecular weight excluding hydrogens is 252 g/mol. The van der Waals surface area contributed by atoms with Crippen LogP contribution in [0.25, 0.3) is 16.7 Å². The molecule has 0 saturated heterocycles. The van der Waals surface area contributed by atoms with E-state index in [-0.39, 0.29) is 7.43 Å². The average molecular weight is 278 g/mol. The summed E-state index contributed by atoms with van der Waals surface area (Å²) in [6, 6.07) is 17.8. The predicted octanol–water partition coefficient (Wildman–Crippen LogP) is 6.50. The van der Waals surface area contributed by atoms with Gasteiger partial charge in [-0.3, -0.25) is 0 Å². The Balaban J connectivity index is 0.00000161. The Morgan fingerprint density at radius 1 is 0.810 bits per heavy atom. The van der Waals surface area contributed by atoms with Gasteiger partial charge in [-0.1, -0.05) is 74.5 Å². The van der Waals surface area contributed by atoms with Gasteiger partial charge in [0.15, 0.2) is 0 Å². The van der Waals surface area contributed by atoms with E-state index in [0.717, 1.165) is 5.92 Å². The lowest BCUT2D eigenvalue weighted by Crippen LogP contribution is -2.00. The zero-order chi connectivity index (χ0) is 13.9. The molecule has 0 amide bonds. The number of hydrogen-bond acceptors (Lipinski definition) is 0. The third kappa shape index (κ3) is 3.64. The maximum atomic E-state index is 2.43. The smallest absolute Gasteiger partial charge is 0.0184 e. The second kappa shape index (κ2) is 6.76. The minimum absolute atomic E-state index is 0. The first kappa shape index (κ1) is 15.6. The third-order valence-corrected chi connectivity index (χ3v) is 4.31. The monoisotopic (exact) mass is 278 g/mol. The summed E-state index contributed by atoms with van der Waals surface area (Å²) in [7, 11) is 0. The first-order chi connectivity index (χ1) is 9.72. The Bertz CT molecular complexity index is 599. The fraction of sp³-hybridized carbons (Fsp3) is 0.333. The molecule has 110 valence electrons. The van der Waals surface area contributed by atoms with E-state index in [1.54, 1.807) is 0 Å². The molecule has 0 fully saturated rings. The molecule has 0 nitrogen and oxygen atoms in total. The molecule has 1 atom stereocenters. The Kier molecular flexibility index (Phi) is 5.01. The SMILES string of the molecule is C.Cc1ccc(-c2ccc(C3=CCC(C)CC3)cc2)cc1. The van der Waals surface area contributed by atoms with Crippen molar-refractivity contribution in [2.45, 2.75) is 40.5 Å². The highest BCUT2D eigenvalue weighted by Gasteiger charge is 2.11. The highest BCUT2D eigenvalue weighted by Crippen LogP contribution is 2.31. The zero-order valence-corrected chi connectivity index (χ0v) is 12.4. The lowest BCUT2D eigenvalue weighted by molar-refractivity contribution is 0.534. The summed E-state index contributed by atoms with van der Waals surface area (Å²) >= 11 is 0. The van der Waals surface area contributed by atoms with Crippen LogP contribution >= 0.6 is 0 Å². The molecule has 0 radical (unpaired) electrons. The number of benzene rings is 2. The van der Waals surface area contributed by atoms with Crippen molar-refractivity contribution in [2.75, 3.05) is 0 Å². The Morgan fingerprint density at radius 2 is 1.33 bits per heavy atom. The van der Waals surface area contributed by atoms with Gasteiger partial charge < -0.3 is 0 Å². The average Bonchev–Trinajstić information content (AvgIpc) is 2.49. The lowest BCUT2D eigenvalue weighted by atomic mass is 9.87. The molecular formula is C21H26. The van der Waals surface area contributed by atoms with Gasteiger partial charge in [0, 0.05) is 0 Å². The van der Waals surface area contributed by atoms with Crippen molar-refractivity contribution >= 4 is 5.57 Å². The molecule has 1 aliphatic rings. The molecule has 1 aliphatic carbocycles. The van der Waals surface area contributed by atoms with Crippen LogP contribution in [0.15, 0.2) is 54.6 Å². The highest BCUT2D eigenvalue weighted by atomic mass is 14.2. The molecule has 1 unspecified atom stereocenters. The van der Waals surface area contributed by atoms with Gasteiger partial charge in [0.05, 0.1) is 0 Å². The van der Waals surface area contributed by atoms with E-state index in [1.807, 2.05) is 0 Å². The normalized spacial score (nSPS) is 17.8. The van der Waals surface area contributed by atoms with Crippen molar-refractivity contribution in [1.82, 2.24) is 0 Å². The number of allylic oxidation sites excluding steroid dienone is 2. The first-order valence-electron chi connectivity index (χ1n) is 7.59. The van der Waals surface area contributed by atoms with Gasteiger partial charge in [-0.2, -0.15) is 0 Å². The molecule has 0 bridgehead atoms. The van der Waals surface area contributed by atoms with Crippen molar-refractivity contribution in [1.29, 1.82) is 0 Å². The van der Waals surface area contributed by atoms with Gasteiger partial charge in [0.25, 0.3) is 0 Å². The van der Waals surface area contributed by atoms with Gasteiger partial charge >= 0.3 is 0 Å². The van der Waals surface area contributed by atoms with Crippen LogP contribution in [-0.2, 0) is 0 Å². The van der Waals surface area contributed by atoms with Crippen LogP contribution in [0.1, 0.15) is 44.7 Å². The van der Waals surface area contributed by atoms with Crippen LogP contribution in [0.5, 0.6) is 0 Å². The van der Waals surface area contributed by atoms with Gasteiger partial charge in [-0.25, -0.2) is 0 Å². The van der Waals surface area contributed by atoms with Crippen molar-refractivity contribution in [3.05, 3.63) is 65.7 Å². The summed E-state index contributed by atoms with van der Waals surface area (Å²) in [4.78, 5) is 0. The number of aryl methyl sites for hydroxylation is 1. The Hall–Kier alpha value is -1.82. The molecule has 0 aliphatic heterocycles. The van der Waals surface area contributed by atoms with Crippen LogP contribution in [0.3, 0.4) is 0 Å². The van der Waals surface area contributed by atoms with E-state index >= 15 is 0 Å². The highest BCUT2D eigenvalue weighted by molar-refractivity contribution is 5.71. The maximum Gasteiger partial charge on any atom is -0.0184 e. The van der Waals surface area contributed by atoms with Crippen molar-refractivity contribution < 1.29 is 0 Å². The molecule has 3 rings (SSSR count). The van der Waals surface area contributed by atoms with E-state index in [0.29, 0.717) is 0 Å². The minimum Gasteiger partial charge on any atom is -0.0805 e. The van der Waals surface area contributed by atoms with E-state index < -0.39 is 0 Å². The van der Waals surface area contributed by atoms with Crippen molar-refractivity contribution in [3.63, 3.8) is 0 Å². The third-order valence-electron chi connectivity index (χ3n) is 4.31. The summed E-state index contributed by atoms with van der Waals surface area (Å²) < 4.78 is 0. The Morgan fingerprint density at radius 3 is 1.86 bits per heavy atom. The lowest BCUT2D eigenvalue weighted by Gasteiger charge is -2.18. The molecule has 0 heteroatoms.